The average molecular weight is 336 g/mol. The van der Waals surface area contributed by atoms with Crippen LogP contribution in [-0.4, -0.2) is 22.3 Å². The molecule has 3 aromatic rings. The normalized spacial score (nSPS) is 11.0. The minimum Gasteiger partial charge on any atom is -0.494 e. The van der Waals surface area contributed by atoms with Crippen molar-refractivity contribution < 1.29 is 9.13 Å². The van der Waals surface area contributed by atoms with Crippen molar-refractivity contribution in [2.24, 2.45) is 0 Å². The molecule has 0 fully saturated rings. The molecule has 0 saturated carbocycles. The number of thiophene rings is 1. The van der Waals surface area contributed by atoms with Gasteiger partial charge in [-0.05, 0) is 42.1 Å². The highest BCUT2D eigenvalue weighted by atomic mass is 32.2. The summed E-state index contributed by atoms with van der Waals surface area (Å²) in [6.45, 7) is 0.532. The predicted octanol–water partition coefficient (Wildman–Crippen LogP) is 3.68. The zero-order valence-electron chi connectivity index (χ0n) is 11.5. The Morgan fingerprint density at radius 2 is 2.09 bits per heavy atom. The van der Waals surface area contributed by atoms with Crippen LogP contribution in [-0.2, 0) is 0 Å². The van der Waals surface area contributed by atoms with Crippen molar-refractivity contribution in [2.45, 2.75) is 11.6 Å². The first-order valence-corrected chi connectivity index (χ1v) is 8.57. The number of thioether (sulfide) groups is 1. The van der Waals surface area contributed by atoms with Crippen LogP contribution in [0.5, 0.6) is 5.75 Å². The maximum absolute atomic E-state index is 12.7. The Bertz CT molecular complexity index is 814. The molecule has 0 unspecified atom stereocenters. The second-order valence-electron chi connectivity index (χ2n) is 4.51. The van der Waals surface area contributed by atoms with E-state index in [0.29, 0.717) is 22.9 Å². The van der Waals surface area contributed by atoms with E-state index in [0.717, 1.165) is 17.0 Å². The molecule has 0 aliphatic carbocycles. The molecule has 0 saturated heterocycles. The quantitative estimate of drug-likeness (QED) is 0.424. The smallest absolute Gasteiger partial charge is 0.260 e. The summed E-state index contributed by atoms with van der Waals surface area (Å²) in [5.74, 6) is 1.15. The molecule has 22 heavy (non-hydrogen) atoms. The molecular formula is C15H13FN2O2S2. The van der Waals surface area contributed by atoms with Crippen molar-refractivity contribution >= 4 is 33.3 Å². The topological polar surface area (TPSA) is 55.0 Å². The van der Waals surface area contributed by atoms with Gasteiger partial charge in [0, 0.05) is 5.75 Å². The number of halogens is 1. The third-order valence-electron chi connectivity index (χ3n) is 2.92. The number of fused-ring (bicyclic) bond motifs is 1. The highest BCUT2D eigenvalue weighted by molar-refractivity contribution is 7.99. The number of ether oxygens (including phenoxy) is 1. The first-order valence-electron chi connectivity index (χ1n) is 6.71. The van der Waals surface area contributed by atoms with Crippen LogP contribution in [0.1, 0.15) is 6.42 Å². The molecule has 0 amide bonds. The molecule has 0 aliphatic heterocycles. The molecule has 0 aliphatic rings. The van der Waals surface area contributed by atoms with E-state index in [1.165, 1.54) is 35.2 Å². The van der Waals surface area contributed by atoms with Crippen LogP contribution in [0, 0.1) is 5.82 Å². The Morgan fingerprint density at radius 3 is 2.91 bits per heavy atom. The summed E-state index contributed by atoms with van der Waals surface area (Å²) in [5.41, 5.74) is -0.101. The van der Waals surface area contributed by atoms with E-state index in [1.54, 1.807) is 18.2 Å². The van der Waals surface area contributed by atoms with Gasteiger partial charge in [0.15, 0.2) is 5.16 Å². The van der Waals surface area contributed by atoms with Gasteiger partial charge in [-0.1, -0.05) is 11.8 Å². The van der Waals surface area contributed by atoms with Crippen LogP contribution < -0.4 is 10.3 Å². The number of H-pyrrole nitrogens is 1. The molecule has 114 valence electrons. The summed E-state index contributed by atoms with van der Waals surface area (Å²) in [5, 5.41) is 3.12. The highest BCUT2D eigenvalue weighted by Crippen LogP contribution is 2.19. The molecule has 1 aromatic carbocycles. The average Bonchev–Trinajstić information content (AvgIpc) is 2.98. The first kappa shape index (κ1) is 15.1. The van der Waals surface area contributed by atoms with Crippen molar-refractivity contribution in [1.82, 2.24) is 9.97 Å². The summed E-state index contributed by atoms with van der Waals surface area (Å²) in [6.07, 6.45) is 0.800. The number of benzene rings is 1. The number of rotatable bonds is 6. The van der Waals surface area contributed by atoms with Gasteiger partial charge in [0.25, 0.3) is 5.56 Å². The standard InChI is InChI=1S/C15H13FN2O2S2/c16-10-2-4-11(5-3-10)20-7-1-8-22-15-17-13(19)12-6-9-21-14(12)18-15/h2-6,9H,1,7-8H2,(H,17,18,19). The summed E-state index contributed by atoms with van der Waals surface area (Å²) in [7, 11) is 0. The maximum atomic E-state index is 12.7. The van der Waals surface area contributed by atoms with Gasteiger partial charge < -0.3 is 9.72 Å². The fraction of sp³-hybridized carbons (Fsp3) is 0.200. The number of nitrogens with one attached hydrogen (secondary N) is 1. The van der Waals surface area contributed by atoms with E-state index in [9.17, 15) is 9.18 Å². The van der Waals surface area contributed by atoms with Crippen LogP contribution >= 0.6 is 23.1 Å². The van der Waals surface area contributed by atoms with Crippen LogP contribution in [0.3, 0.4) is 0 Å². The molecule has 0 atom stereocenters. The fourth-order valence-electron chi connectivity index (χ4n) is 1.86. The number of hydrogen-bond donors (Lipinski definition) is 1. The van der Waals surface area contributed by atoms with Crippen molar-refractivity contribution in [1.29, 1.82) is 0 Å². The van der Waals surface area contributed by atoms with Gasteiger partial charge in [0.1, 0.15) is 16.4 Å². The van der Waals surface area contributed by atoms with E-state index in [4.69, 9.17) is 4.74 Å². The molecule has 7 heteroatoms. The summed E-state index contributed by atoms with van der Waals surface area (Å²) >= 11 is 2.95. The molecule has 3 rings (SSSR count). The summed E-state index contributed by atoms with van der Waals surface area (Å²) in [4.78, 5) is 19.7. The Morgan fingerprint density at radius 1 is 1.27 bits per heavy atom. The summed E-state index contributed by atoms with van der Waals surface area (Å²) in [6, 6.07) is 7.72. The molecule has 0 spiro atoms. The lowest BCUT2D eigenvalue weighted by molar-refractivity contribution is 0.318. The molecule has 0 bridgehead atoms. The Hall–Kier alpha value is -1.86. The largest absolute Gasteiger partial charge is 0.494 e. The van der Waals surface area contributed by atoms with Gasteiger partial charge in [-0.3, -0.25) is 4.79 Å². The van der Waals surface area contributed by atoms with Crippen molar-refractivity contribution in [3.63, 3.8) is 0 Å². The van der Waals surface area contributed by atoms with Gasteiger partial charge in [0.05, 0.1) is 12.0 Å². The van der Waals surface area contributed by atoms with Gasteiger partial charge in [-0.25, -0.2) is 9.37 Å². The monoisotopic (exact) mass is 336 g/mol. The van der Waals surface area contributed by atoms with Crippen LogP contribution in [0.25, 0.3) is 10.2 Å². The minimum absolute atomic E-state index is 0.101. The van der Waals surface area contributed by atoms with Gasteiger partial charge in [0.2, 0.25) is 0 Å². The van der Waals surface area contributed by atoms with E-state index in [2.05, 4.69) is 9.97 Å². The highest BCUT2D eigenvalue weighted by Gasteiger charge is 2.05. The third kappa shape index (κ3) is 3.66. The van der Waals surface area contributed by atoms with Crippen molar-refractivity contribution in [2.75, 3.05) is 12.4 Å². The van der Waals surface area contributed by atoms with Crippen molar-refractivity contribution in [3.05, 3.63) is 51.9 Å². The maximum Gasteiger partial charge on any atom is 0.260 e. The number of aromatic nitrogens is 2. The number of nitrogens with zero attached hydrogens (tertiary/aromatic N) is 1. The lowest BCUT2D eigenvalue weighted by Crippen LogP contribution is -2.08. The molecular weight excluding hydrogens is 323 g/mol. The zero-order chi connectivity index (χ0) is 15.4. The molecule has 2 heterocycles. The van der Waals surface area contributed by atoms with Crippen LogP contribution in [0.2, 0.25) is 0 Å². The molecule has 0 radical (unpaired) electrons. The Balaban J connectivity index is 1.48. The summed E-state index contributed by atoms with van der Waals surface area (Å²) < 4.78 is 18.3. The SMILES string of the molecule is O=c1[nH]c(SCCCOc2ccc(F)cc2)nc2sccc12. The lowest BCUT2D eigenvalue weighted by Gasteiger charge is -2.05. The predicted molar refractivity (Wildman–Crippen MR) is 87.5 cm³/mol. The molecule has 2 aromatic heterocycles. The van der Waals surface area contributed by atoms with Gasteiger partial charge in [-0.15, -0.1) is 11.3 Å². The van der Waals surface area contributed by atoms with E-state index in [1.807, 2.05) is 5.38 Å². The van der Waals surface area contributed by atoms with Gasteiger partial charge in [-0.2, -0.15) is 0 Å². The number of aromatic amines is 1. The van der Waals surface area contributed by atoms with Crippen molar-refractivity contribution in [3.8, 4) is 5.75 Å². The Labute approximate surface area is 134 Å². The van der Waals surface area contributed by atoms with Gasteiger partial charge >= 0.3 is 0 Å². The van der Waals surface area contributed by atoms with E-state index in [-0.39, 0.29) is 11.4 Å². The van der Waals surface area contributed by atoms with E-state index < -0.39 is 0 Å². The number of hydrogen-bond acceptors (Lipinski definition) is 5. The third-order valence-corrected chi connectivity index (χ3v) is 4.69. The second-order valence-corrected chi connectivity index (χ2v) is 6.49. The van der Waals surface area contributed by atoms with E-state index >= 15 is 0 Å². The molecule has 4 nitrogen and oxygen atoms in total. The zero-order valence-corrected chi connectivity index (χ0v) is 13.2. The van der Waals surface area contributed by atoms with Crippen LogP contribution in [0.15, 0.2) is 45.7 Å². The fourth-order valence-corrected chi connectivity index (χ4v) is 3.46. The Kier molecular flexibility index (Phi) is 4.74. The first-order chi connectivity index (χ1) is 10.7. The lowest BCUT2D eigenvalue weighted by atomic mass is 10.3. The second kappa shape index (κ2) is 6.93. The molecule has 1 N–H and O–H groups in total. The minimum atomic E-state index is -0.276. The van der Waals surface area contributed by atoms with Crippen LogP contribution in [0.4, 0.5) is 4.39 Å².